The lowest BCUT2D eigenvalue weighted by molar-refractivity contribution is 0.146. The Balaban J connectivity index is 4.58. The van der Waals surface area contributed by atoms with Crippen LogP contribution in [0.25, 0.3) is 0 Å². The van der Waals surface area contributed by atoms with Crippen molar-refractivity contribution in [3.8, 4) is 0 Å². The summed E-state index contributed by atoms with van der Waals surface area (Å²) in [6, 6.07) is 3.67. The van der Waals surface area contributed by atoms with Crippen molar-refractivity contribution in [2.45, 2.75) is 65.3 Å². The van der Waals surface area contributed by atoms with Crippen molar-refractivity contribution >= 4 is 8.32 Å². The van der Waals surface area contributed by atoms with Gasteiger partial charge in [0.05, 0.1) is 5.60 Å². The maximum Gasteiger partial charge on any atom is 0.193 e. The molecule has 0 saturated heterocycles. The molecule has 0 bridgehead atoms. The maximum atomic E-state index is 6.37. The molecule has 0 aliphatic carbocycles. The molecule has 0 N–H and O–H groups in total. The third-order valence-electron chi connectivity index (χ3n) is 2.98. The summed E-state index contributed by atoms with van der Waals surface area (Å²) in [6.07, 6.45) is 4.25. The van der Waals surface area contributed by atoms with Crippen molar-refractivity contribution in [2.24, 2.45) is 0 Å². The summed E-state index contributed by atoms with van der Waals surface area (Å²) in [6.45, 7) is 13.2. The van der Waals surface area contributed by atoms with Crippen LogP contribution in [0.3, 0.4) is 0 Å². The van der Waals surface area contributed by atoms with E-state index in [2.05, 4.69) is 53.7 Å². The second kappa shape index (κ2) is 5.71. The molecule has 0 unspecified atom stereocenters. The summed E-state index contributed by atoms with van der Waals surface area (Å²) in [4.78, 5) is 0. The first-order valence-electron chi connectivity index (χ1n) is 5.79. The van der Waals surface area contributed by atoms with Crippen LogP contribution in [0.1, 0.15) is 41.5 Å². The van der Waals surface area contributed by atoms with Gasteiger partial charge in [0, 0.05) is 0 Å². The first-order chi connectivity index (χ1) is 6.45. The van der Waals surface area contributed by atoms with Crippen LogP contribution in [0, 0.1) is 0 Å². The van der Waals surface area contributed by atoms with Gasteiger partial charge >= 0.3 is 0 Å². The van der Waals surface area contributed by atoms with Crippen LogP contribution in [0.4, 0.5) is 0 Å². The molecule has 84 valence electrons. The number of hydrogen-bond donors (Lipinski definition) is 0. The van der Waals surface area contributed by atoms with E-state index in [4.69, 9.17) is 4.43 Å². The van der Waals surface area contributed by atoms with Crippen LogP contribution >= 0.6 is 0 Å². The SMILES string of the molecule is C/C=C/C(C)(C)O[Si](CC)(CC)CC. The third kappa shape index (κ3) is 3.97. The summed E-state index contributed by atoms with van der Waals surface area (Å²) in [7, 11) is -1.44. The first-order valence-corrected chi connectivity index (χ1v) is 8.32. The van der Waals surface area contributed by atoms with Gasteiger partial charge in [0.15, 0.2) is 8.32 Å². The van der Waals surface area contributed by atoms with Crippen molar-refractivity contribution in [3.63, 3.8) is 0 Å². The smallest absolute Gasteiger partial charge is 0.193 e. The highest BCUT2D eigenvalue weighted by Crippen LogP contribution is 2.28. The van der Waals surface area contributed by atoms with Gasteiger partial charge in [0.1, 0.15) is 0 Å². The fourth-order valence-electron chi connectivity index (χ4n) is 1.96. The lowest BCUT2D eigenvalue weighted by Gasteiger charge is -2.36. The van der Waals surface area contributed by atoms with Crippen molar-refractivity contribution in [1.82, 2.24) is 0 Å². The molecule has 0 atom stereocenters. The molecule has 0 amide bonds. The molecule has 0 heterocycles. The van der Waals surface area contributed by atoms with Crippen LogP contribution in [0.15, 0.2) is 12.2 Å². The number of hydrogen-bond acceptors (Lipinski definition) is 1. The fourth-order valence-corrected chi connectivity index (χ4v) is 5.08. The van der Waals surface area contributed by atoms with Gasteiger partial charge in [-0.05, 0) is 38.9 Å². The second-order valence-electron chi connectivity index (χ2n) is 4.45. The predicted molar refractivity (Wildman–Crippen MR) is 67.2 cm³/mol. The van der Waals surface area contributed by atoms with E-state index in [1.807, 2.05) is 0 Å². The number of allylic oxidation sites excluding steroid dienone is 1. The van der Waals surface area contributed by atoms with E-state index in [-0.39, 0.29) is 5.60 Å². The molecule has 0 fully saturated rings. The molecule has 0 aliphatic heterocycles. The first kappa shape index (κ1) is 13.9. The van der Waals surface area contributed by atoms with Gasteiger partial charge in [-0.15, -0.1) is 0 Å². The molecule has 0 rings (SSSR count). The Hall–Kier alpha value is -0.0831. The minimum absolute atomic E-state index is 0.0804. The molecule has 14 heavy (non-hydrogen) atoms. The summed E-state index contributed by atoms with van der Waals surface area (Å²) in [5, 5.41) is 0. The standard InChI is InChI=1S/C12H26OSi/c1-7-11-12(5,6)13-14(8-2,9-3)10-4/h7,11H,8-10H2,1-6H3/b11-7+. The molecular formula is C12H26OSi. The van der Waals surface area contributed by atoms with Crippen LogP contribution in [-0.4, -0.2) is 13.9 Å². The molecule has 0 aromatic heterocycles. The molecular weight excluding hydrogens is 188 g/mol. The Kier molecular flexibility index (Phi) is 5.68. The minimum Gasteiger partial charge on any atom is -0.409 e. The highest BCUT2D eigenvalue weighted by molar-refractivity contribution is 6.73. The molecule has 0 saturated carbocycles. The molecule has 0 spiro atoms. The average Bonchev–Trinajstić information content (AvgIpc) is 2.14. The van der Waals surface area contributed by atoms with Crippen LogP contribution in [0.2, 0.25) is 18.1 Å². The van der Waals surface area contributed by atoms with Gasteiger partial charge in [-0.2, -0.15) is 0 Å². The predicted octanol–water partition coefficient (Wildman–Crippen LogP) is 4.36. The molecule has 2 heteroatoms. The summed E-state index contributed by atoms with van der Waals surface area (Å²) in [5.41, 5.74) is -0.0804. The number of rotatable bonds is 6. The Bertz CT molecular complexity index is 172. The molecule has 0 aliphatic rings. The van der Waals surface area contributed by atoms with Crippen molar-refractivity contribution in [2.75, 3.05) is 0 Å². The van der Waals surface area contributed by atoms with E-state index >= 15 is 0 Å². The third-order valence-corrected chi connectivity index (χ3v) is 7.81. The quantitative estimate of drug-likeness (QED) is 0.471. The van der Waals surface area contributed by atoms with E-state index < -0.39 is 8.32 Å². The van der Waals surface area contributed by atoms with Crippen molar-refractivity contribution in [3.05, 3.63) is 12.2 Å². The van der Waals surface area contributed by atoms with E-state index in [1.54, 1.807) is 0 Å². The van der Waals surface area contributed by atoms with Crippen molar-refractivity contribution < 1.29 is 4.43 Å². The van der Waals surface area contributed by atoms with E-state index in [0.29, 0.717) is 0 Å². The van der Waals surface area contributed by atoms with E-state index in [1.165, 1.54) is 18.1 Å². The lowest BCUT2D eigenvalue weighted by atomic mass is 10.1. The Morgan fingerprint density at radius 1 is 1.07 bits per heavy atom. The summed E-state index contributed by atoms with van der Waals surface area (Å²) in [5.74, 6) is 0. The zero-order chi connectivity index (χ0) is 11.2. The second-order valence-corrected chi connectivity index (χ2v) is 9.14. The Morgan fingerprint density at radius 3 is 1.79 bits per heavy atom. The van der Waals surface area contributed by atoms with E-state index in [9.17, 15) is 0 Å². The lowest BCUT2D eigenvalue weighted by Crippen LogP contribution is -2.43. The molecule has 0 radical (unpaired) electrons. The van der Waals surface area contributed by atoms with Crippen LogP contribution in [0.5, 0.6) is 0 Å². The Morgan fingerprint density at radius 2 is 1.50 bits per heavy atom. The zero-order valence-electron chi connectivity index (χ0n) is 10.7. The highest BCUT2D eigenvalue weighted by Gasteiger charge is 2.34. The fraction of sp³-hybridized carbons (Fsp3) is 0.833. The average molecular weight is 214 g/mol. The Labute approximate surface area is 90.7 Å². The van der Waals surface area contributed by atoms with E-state index in [0.717, 1.165) is 0 Å². The largest absolute Gasteiger partial charge is 0.409 e. The minimum atomic E-state index is -1.44. The van der Waals surface area contributed by atoms with Gasteiger partial charge < -0.3 is 4.43 Å². The highest BCUT2D eigenvalue weighted by atomic mass is 28.4. The monoisotopic (exact) mass is 214 g/mol. The van der Waals surface area contributed by atoms with Gasteiger partial charge in [0.25, 0.3) is 0 Å². The topological polar surface area (TPSA) is 9.23 Å². The summed E-state index contributed by atoms with van der Waals surface area (Å²) >= 11 is 0. The van der Waals surface area contributed by atoms with Gasteiger partial charge in [-0.25, -0.2) is 0 Å². The van der Waals surface area contributed by atoms with Crippen LogP contribution in [-0.2, 0) is 4.43 Å². The molecule has 0 aromatic rings. The van der Waals surface area contributed by atoms with Crippen LogP contribution < -0.4 is 0 Å². The van der Waals surface area contributed by atoms with Gasteiger partial charge in [0.2, 0.25) is 0 Å². The van der Waals surface area contributed by atoms with Crippen molar-refractivity contribution in [1.29, 1.82) is 0 Å². The normalized spacial score (nSPS) is 13.9. The molecule has 0 aromatic carbocycles. The van der Waals surface area contributed by atoms with Gasteiger partial charge in [-0.3, -0.25) is 0 Å². The zero-order valence-corrected chi connectivity index (χ0v) is 11.7. The molecule has 1 nitrogen and oxygen atoms in total. The maximum absolute atomic E-state index is 6.37. The summed E-state index contributed by atoms with van der Waals surface area (Å²) < 4.78 is 6.37. The van der Waals surface area contributed by atoms with Gasteiger partial charge in [-0.1, -0.05) is 32.9 Å².